The lowest BCUT2D eigenvalue weighted by Crippen LogP contribution is -2.50. The number of halogens is 2. The maximum atomic E-state index is 12.0. The van der Waals surface area contributed by atoms with Crippen molar-refractivity contribution in [2.45, 2.75) is 37.8 Å². The number of rotatable bonds is 5. The van der Waals surface area contributed by atoms with E-state index in [2.05, 4.69) is 15.4 Å². The van der Waals surface area contributed by atoms with Gasteiger partial charge >= 0.3 is 12.6 Å². The number of hydrogen-bond donors (Lipinski definition) is 3. The average molecular weight is 300 g/mol. The van der Waals surface area contributed by atoms with Crippen molar-refractivity contribution in [3.63, 3.8) is 0 Å². The van der Waals surface area contributed by atoms with Crippen molar-refractivity contribution in [1.82, 2.24) is 5.32 Å². The predicted octanol–water partition coefficient (Wildman–Crippen LogP) is 2.71. The van der Waals surface area contributed by atoms with Crippen molar-refractivity contribution in [3.05, 3.63) is 24.3 Å². The van der Waals surface area contributed by atoms with E-state index in [1.807, 2.05) is 0 Å². The Morgan fingerprint density at radius 1 is 1.29 bits per heavy atom. The second-order valence-electron chi connectivity index (χ2n) is 5.13. The van der Waals surface area contributed by atoms with Crippen molar-refractivity contribution in [1.29, 1.82) is 0 Å². The van der Waals surface area contributed by atoms with Crippen molar-refractivity contribution in [2.75, 3.05) is 11.9 Å². The fourth-order valence-corrected chi connectivity index (χ4v) is 2.50. The maximum absolute atomic E-state index is 12.0. The van der Waals surface area contributed by atoms with Gasteiger partial charge in [0.1, 0.15) is 5.75 Å². The molecule has 7 heteroatoms. The lowest BCUT2D eigenvalue weighted by atomic mass is 9.99. The molecule has 1 fully saturated rings. The largest absolute Gasteiger partial charge is 0.435 e. The van der Waals surface area contributed by atoms with Gasteiger partial charge in [0.25, 0.3) is 0 Å². The predicted molar refractivity (Wildman–Crippen MR) is 73.5 cm³/mol. The number of carbonyl (C=O) groups is 1. The number of benzene rings is 1. The maximum Gasteiger partial charge on any atom is 0.387 e. The lowest BCUT2D eigenvalue weighted by Gasteiger charge is -2.27. The van der Waals surface area contributed by atoms with Crippen LogP contribution >= 0.6 is 0 Å². The SMILES string of the molecule is O=C(Nc1ccc(OC(F)F)cc1)NC1(CO)CCCC1. The molecule has 21 heavy (non-hydrogen) atoms. The second kappa shape index (κ2) is 6.71. The summed E-state index contributed by atoms with van der Waals surface area (Å²) in [5, 5.41) is 14.8. The number of urea groups is 1. The molecule has 2 amide bonds. The minimum absolute atomic E-state index is 0.0265. The molecule has 2 rings (SSSR count). The molecule has 0 heterocycles. The third kappa shape index (κ3) is 4.29. The smallest absolute Gasteiger partial charge is 0.387 e. The third-order valence-electron chi connectivity index (χ3n) is 3.58. The van der Waals surface area contributed by atoms with Gasteiger partial charge in [-0.15, -0.1) is 0 Å². The molecule has 0 atom stereocenters. The molecule has 1 aliphatic rings. The molecule has 116 valence electrons. The van der Waals surface area contributed by atoms with Crippen LogP contribution in [-0.4, -0.2) is 29.9 Å². The molecule has 1 aromatic carbocycles. The van der Waals surface area contributed by atoms with Crippen LogP contribution < -0.4 is 15.4 Å². The van der Waals surface area contributed by atoms with Gasteiger partial charge in [-0.1, -0.05) is 12.8 Å². The fourth-order valence-electron chi connectivity index (χ4n) is 2.50. The number of aliphatic hydroxyl groups is 1. The van der Waals surface area contributed by atoms with Gasteiger partial charge in [-0.2, -0.15) is 8.78 Å². The molecular weight excluding hydrogens is 282 g/mol. The molecule has 0 aromatic heterocycles. The summed E-state index contributed by atoms with van der Waals surface area (Å²) in [5.74, 6) is 0.0265. The number of nitrogens with one attached hydrogen (secondary N) is 2. The fraction of sp³-hybridized carbons (Fsp3) is 0.500. The minimum Gasteiger partial charge on any atom is -0.435 e. The van der Waals surface area contributed by atoms with Gasteiger partial charge in [-0.05, 0) is 37.1 Å². The van der Waals surface area contributed by atoms with Crippen LogP contribution in [0.4, 0.5) is 19.3 Å². The Kier molecular flexibility index (Phi) is 4.95. The van der Waals surface area contributed by atoms with Gasteiger partial charge < -0.3 is 20.5 Å². The molecule has 1 saturated carbocycles. The molecule has 0 saturated heterocycles. The van der Waals surface area contributed by atoms with Crippen LogP contribution in [0.15, 0.2) is 24.3 Å². The standard InChI is InChI=1S/C14H18F2N2O3/c15-12(16)21-11-5-3-10(4-6-11)17-13(20)18-14(9-19)7-1-2-8-14/h3-6,12,19H,1-2,7-9H2,(H2,17,18,20). The zero-order chi connectivity index (χ0) is 15.3. The van der Waals surface area contributed by atoms with E-state index in [1.165, 1.54) is 24.3 Å². The molecule has 3 N–H and O–H groups in total. The summed E-state index contributed by atoms with van der Waals surface area (Å²) >= 11 is 0. The van der Waals surface area contributed by atoms with Gasteiger partial charge in [-0.3, -0.25) is 0 Å². The number of aliphatic hydroxyl groups excluding tert-OH is 1. The normalized spacial score (nSPS) is 16.8. The van der Waals surface area contributed by atoms with E-state index >= 15 is 0 Å². The van der Waals surface area contributed by atoms with Gasteiger partial charge in [0.2, 0.25) is 0 Å². The molecule has 0 radical (unpaired) electrons. The molecular formula is C14H18F2N2O3. The van der Waals surface area contributed by atoms with Gasteiger partial charge in [0, 0.05) is 5.69 Å². The van der Waals surface area contributed by atoms with Crippen molar-refractivity contribution >= 4 is 11.7 Å². The highest BCUT2D eigenvalue weighted by molar-refractivity contribution is 5.89. The average Bonchev–Trinajstić information content (AvgIpc) is 2.89. The Balaban J connectivity index is 1.90. The summed E-state index contributed by atoms with van der Waals surface area (Å²) in [4.78, 5) is 11.9. The first-order valence-corrected chi connectivity index (χ1v) is 6.78. The Hall–Kier alpha value is -1.89. The number of ether oxygens (including phenoxy) is 1. The molecule has 0 bridgehead atoms. The Morgan fingerprint density at radius 3 is 2.43 bits per heavy atom. The Bertz CT molecular complexity index is 474. The van der Waals surface area contributed by atoms with E-state index in [0.717, 1.165) is 25.7 Å². The van der Waals surface area contributed by atoms with E-state index in [4.69, 9.17) is 0 Å². The van der Waals surface area contributed by atoms with Crippen molar-refractivity contribution in [3.8, 4) is 5.75 Å². The zero-order valence-electron chi connectivity index (χ0n) is 11.4. The number of amides is 2. The molecule has 0 aliphatic heterocycles. The van der Waals surface area contributed by atoms with E-state index in [9.17, 15) is 18.7 Å². The molecule has 5 nitrogen and oxygen atoms in total. The van der Waals surface area contributed by atoms with Crippen LogP contribution in [-0.2, 0) is 0 Å². The molecule has 1 aliphatic carbocycles. The summed E-state index contributed by atoms with van der Waals surface area (Å²) < 4.78 is 28.2. The lowest BCUT2D eigenvalue weighted by molar-refractivity contribution is -0.0498. The monoisotopic (exact) mass is 300 g/mol. The number of carbonyl (C=O) groups excluding carboxylic acids is 1. The van der Waals surface area contributed by atoms with E-state index < -0.39 is 18.2 Å². The number of alkyl halides is 2. The number of anilines is 1. The third-order valence-corrected chi connectivity index (χ3v) is 3.58. The highest BCUT2D eigenvalue weighted by Crippen LogP contribution is 2.29. The van der Waals surface area contributed by atoms with E-state index in [1.54, 1.807) is 0 Å². The summed E-state index contributed by atoms with van der Waals surface area (Å²) in [6.45, 7) is -2.97. The molecule has 0 spiro atoms. The highest BCUT2D eigenvalue weighted by Gasteiger charge is 2.34. The van der Waals surface area contributed by atoms with Crippen LogP contribution in [0.25, 0.3) is 0 Å². The van der Waals surface area contributed by atoms with Crippen molar-refractivity contribution in [2.24, 2.45) is 0 Å². The quantitative estimate of drug-likeness (QED) is 0.783. The highest BCUT2D eigenvalue weighted by atomic mass is 19.3. The van der Waals surface area contributed by atoms with Crippen LogP contribution in [0.5, 0.6) is 5.75 Å². The van der Waals surface area contributed by atoms with E-state index in [-0.39, 0.29) is 12.4 Å². The van der Waals surface area contributed by atoms with E-state index in [0.29, 0.717) is 5.69 Å². The summed E-state index contributed by atoms with van der Waals surface area (Å²) in [7, 11) is 0. The van der Waals surface area contributed by atoms with Gasteiger partial charge in [0.05, 0.1) is 12.1 Å². The summed E-state index contributed by atoms with van der Waals surface area (Å²) in [5.41, 5.74) is -0.0942. The molecule has 1 aromatic rings. The first-order chi connectivity index (χ1) is 10.0. The van der Waals surface area contributed by atoms with Crippen LogP contribution in [0, 0.1) is 0 Å². The van der Waals surface area contributed by atoms with Crippen LogP contribution in [0.1, 0.15) is 25.7 Å². The first-order valence-electron chi connectivity index (χ1n) is 6.78. The molecule has 0 unspecified atom stereocenters. The number of hydrogen-bond acceptors (Lipinski definition) is 3. The Morgan fingerprint density at radius 2 is 1.90 bits per heavy atom. The summed E-state index contributed by atoms with van der Waals surface area (Å²) in [6.07, 6.45) is 3.44. The second-order valence-corrected chi connectivity index (χ2v) is 5.13. The summed E-state index contributed by atoms with van der Waals surface area (Å²) in [6, 6.07) is 5.21. The zero-order valence-corrected chi connectivity index (χ0v) is 11.4. The van der Waals surface area contributed by atoms with Crippen LogP contribution in [0.2, 0.25) is 0 Å². The van der Waals surface area contributed by atoms with Gasteiger partial charge in [-0.25, -0.2) is 4.79 Å². The first kappa shape index (κ1) is 15.5. The topological polar surface area (TPSA) is 70.6 Å². The van der Waals surface area contributed by atoms with Crippen LogP contribution in [0.3, 0.4) is 0 Å². The van der Waals surface area contributed by atoms with Gasteiger partial charge in [0.15, 0.2) is 0 Å². The minimum atomic E-state index is -2.88. The van der Waals surface area contributed by atoms with Crippen molar-refractivity contribution < 1.29 is 23.4 Å². The Labute approximate surface area is 121 Å².